The lowest BCUT2D eigenvalue weighted by molar-refractivity contribution is 0.151. The van der Waals surface area contributed by atoms with Crippen molar-refractivity contribution in [3.05, 3.63) is 30.1 Å². The van der Waals surface area contributed by atoms with Crippen molar-refractivity contribution in [1.29, 1.82) is 0 Å². The maximum absolute atomic E-state index is 12.0. The number of pyridine rings is 1. The van der Waals surface area contributed by atoms with E-state index < -0.39 is 6.10 Å². The van der Waals surface area contributed by atoms with E-state index in [0.29, 0.717) is 12.5 Å². The van der Waals surface area contributed by atoms with Crippen molar-refractivity contribution < 1.29 is 9.90 Å². The van der Waals surface area contributed by atoms with Gasteiger partial charge in [-0.3, -0.25) is 4.98 Å². The first-order valence-electron chi connectivity index (χ1n) is 8.59. The van der Waals surface area contributed by atoms with Crippen LogP contribution in [0.3, 0.4) is 0 Å². The minimum Gasteiger partial charge on any atom is -0.387 e. The zero-order chi connectivity index (χ0) is 16.7. The van der Waals surface area contributed by atoms with Gasteiger partial charge in [-0.05, 0) is 41.9 Å². The lowest BCUT2D eigenvalue weighted by atomic mass is 9.71. The second-order valence-electron chi connectivity index (χ2n) is 7.18. The number of nitrogens with zero attached hydrogens (tertiary/aromatic N) is 1. The minimum absolute atomic E-state index is 0.113. The summed E-state index contributed by atoms with van der Waals surface area (Å²) in [6, 6.07) is 3.27. The number of hydrogen-bond acceptors (Lipinski definition) is 3. The quantitative estimate of drug-likeness (QED) is 0.754. The molecule has 5 nitrogen and oxygen atoms in total. The maximum Gasteiger partial charge on any atom is 0.314 e. The smallest absolute Gasteiger partial charge is 0.314 e. The van der Waals surface area contributed by atoms with E-state index in [4.69, 9.17) is 0 Å². The first-order chi connectivity index (χ1) is 11.0. The summed E-state index contributed by atoms with van der Waals surface area (Å²) < 4.78 is 0. The van der Waals surface area contributed by atoms with Crippen LogP contribution in [0.4, 0.5) is 4.79 Å². The van der Waals surface area contributed by atoms with E-state index in [2.05, 4.69) is 29.5 Å². The molecule has 1 heterocycles. The summed E-state index contributed by atoms with van der Waals surface area (Å²) in [7, 11) is 0. The summed E-state index contributed by atoms with van der Waals surface area (Å²) in [5, 5.41) is 15.7. The van der Waals surface area contributed by atoms with E-state index in [1.807, 2.05) is 0 Å². The summed E-state index contributed by atoms with van der Waals surface area (Å²) in [4.78, 5) is 15.9. The third-order valence-electron chi connectivity index (χ3n) is 4.96. The van der Waals surface area contributed by atoms with Crippen LogP contribution in [0.25, 0.3) is 0 Å². The molecule has 1 unspecified atom stereocenters. The molecule has 1 aliphatic carbocycles. The number of carbonyl (C=O) groups is 1. The Morgan fingerprint density at radius 1 is 1.26 bits per heavy atom. The average Bonchev–Trinajstić information content (AvgIpc) is 2.59. The van der Waals surface area contributed by atoms with Crippen LogP contribution in [0, 0.1) is 11.3 Å². The van der Waals surface area contributed by atoms with E-state index in [1.165, 1.54) is 32.1 Å². The van der Waals surface area contributed by atoms with Crippen LogP contribution in [0.5, 0.6) is 0 Å². The summed E-state index contributed by atoms with van der Waals surface area (Å²) in [5.74, 6) is 0.680. The van der Waals surface area contributed by atoms with Crippen LogP contribution in [0.1, 0.15) is 57.6 Å². The highest BCUT2D eigenvalue weighted by molar-refractivity contribution is 5.73. The van der Waals surface area contributed by atoms with E-state index in [9.17, 15) is 9.90 Å². The van der Waals surface area contributed by atoms with Gasteiger partial charge in [0.1, 0.15) is 0 Å². The SMILES string of the molecule is CC(C)(CNC(=O)NCC(O)c1ccncc1)C1CCCCC1. The van der Waals surface area contributed by atoms with Gasteiger partial charge in [-0.25, -0.2) is 4.79 Å². The van der Waals surface area contributed by atoms with Gasteiger partial charge in [0.2, 0.25) is 0 Å². The Morgan fingerprint density at radius 2 is 1.91 bits per heavy atom. The molecule has 3 N–H and O–H groups in total. The van der Waals surface area contributed by atoms with Crippen LogP contribution in [-0.4, -0.2) is 29.2 Å². The van der Waals surface area contributed by atoms with Gasteiger partial charge in [-0.1, -0.05) is 33.1 Å². The summed E-state index contributed by atoms with van der Waals surface area (Å²) in [6.45, 7) is 5.32. The Balaban J connectivity index is 1.72. The minimum atomic E-state index is -0.713. The second kappa shape index (κ2) is 8.29. The normalized spacial score (nSPS) is 17.5. The molecule has 1 aromatic heterocycles. The van der Waals surface area contributed by atoms with Crippen LogP contribution in [-0.2, 0) is 0 Å². The van der Waals surface area contributed by atoms with Crippen molar-refractivity contribution in [2.75, 3.05) is 13.1 Å². The molecule has 1 atom stereocenters. The van der Waals surface area contributed by atoms with Crippen molar-refractivity contribution >= 4 is 6.03 Å². The van der Waals surface area contributed by atoms with Gasteiger partial charge in [0.15, 0.2) is 0 Å². The number of hydrogen-bond donors (Lipinski definition) is 3. The number of aromatic nitrogens is 1. The zero-order valence-corrected chi connectivity index (χ0v) is 14.2. The van der Waals surface area contributed by atoms with Gasteiger partial charge >= 0.3 is 6.03 Å². The van der Waals surface area contributed by atoms with Gasteiger partial charge in [-0.2, -0.15) is 0 Å². The number of rotatable bonds is 6. The fraction of sp³-hybridized carbons (Fsp3) is 0.667. The van der Waals surface area contributed by atoms with E-state index in [-0.39, 0.29) is 18.0 Å². The highest BCUT2D eigenvalue weighted by Gasteiger charge is 2.30. The molecule has 0 aliphatic heterocycles. The predicted molar refractivity (Wildman–Crippen MR) is 91.0 cm³/mol. The lowest BCUT2D eigenvalue weighted by Gasteiger charge is -2.37. The van der Waals surface area contributed by atoms with E-state index in [0.717, 1.165) is 5.56 Å². The molecule has 0 spiro atoms. The first-order valence-corrected chi connectivity index (χ1v) is 8.59. The summed E-state index contributed by atoms with van der Waals surface area (Å²) in [6.07, 6.45) is 9.02. The summed E-state index contributed by atoms with van der Waals surface area (Å²) in [5.41, 5.74) is 0.865. The Labute approximate surface area is 138 Å². The number of urea groups is 1. The summed E-state index contributed by atoms with van der Waals surface area (Å²) >= 11 is 0. The molecule has 1 aliphatic rings. The molecule has 2 rings (SSSR count). The van der Waals surface area contributed by atoms with Gasteiger partial charge < -0.3 is 15.7 Å². The van der Waals surface area contributed by atoms with Crippen molar-refractivity contribution in [1.82, 2.24) is 15.6 Å². The first kappa shape index (κ1) is 17.7. The van der Waals surface area contributed by atoms with E-state index >= 15 is 0 Å². The number of carbonyl (C=O) groups excluding carboxylic acids is 1. The third kappa shape index (κ3) is 5.50. The molecule has 0 bridgehead atoms. The molecule has 5 heteroatoms. The number of nitrogens with one attached hydrogen (secondary N) is 2. The molecular formula is C18H29N3O2. The molecule has 1 saturated carbocycles. The van der Waals surface area contributed by atoms with Gasteiger partial charge in [0.05, 0.1) is 6.10 Å². The fourth-order valence-electron chi connectivity index (χ4n) is 3.29. The zero-order valence-electron chi connectivity index (χ0n) is 14.2. The van der Waals surface area contributed by atoms with Crippen LogP contribution < -0.4 is 10.6 Å². The molecule has 1 aromatic rings. The van der Waals surface area contributed by atoms with Gasteiger partial charge in [0.25, 0.3) is 0 Å². The van der Waals surface area contributed by atoms with Crippen LogP contribution in [0.15, 0.2) is 24.5 Å². The van der Waals surface area contributed by atoms with Gasteiger partial charge in [-0.15, -0.1) is 0 Å². The van der Waals surface area contributed by atoms with Crippen molar-refractivity contribution in [2.24, 2.45) is 11.3 Å². The fourth-order valence-corrected chi connectivity index (χ4v) is 3.29. The Kier molecular flexibility index (Phi) is 6.39. The number of aliphatic hydroxyl groups is 1. The van der Waals surface area contributed by atoms with Gasteiger partial charge in [0, 0.05) is 25.5 Å². The molecular weight excluding hydrogens is 290 g/mol. The molecule has 128 valence electrons. The lowest BCUT2D eigenvalue weighted by Crippen LogP contribution is -2.44. The van der Waals surface area contributed by atoms with Crippen LogP contribution in [0.2, 0.25) is 0 Å². The highest BCUT2D eigenvalue weighted by Crippen LogP contribution is 2.37. The Morgan fingerprint density at radius 3 is 2.57 bits per heavy atom. The van der Waals surface area contributed by atoms with Crippen molar-refractivity contribution in [2.45, 2.75) is 52.1 Å². The van der Waals surface area contributed by atoms with Crippen LogP contribution >= 0.6 is 0 Å². The predicted octanol–water partition coefficient (Wildman–Crippen LogP) is 3.02. The van der Waals surface area contributed by atoms with Crippen molar-refractivity contribution in [3.63, 3.8) is 0 Å². The Bertz CT molecular complexity index is 484. The molecule has 1 fully saturated rings. The average molecular weight is 319 g/mol. The maximum atomic E-state index is 12.0. The van der Waals surface area contributed by atoms with E-state index in [1.54, 1.807) is 24.5 Å². The van der Waals surface area contributed by atoms with Crippen molar-refractivity contribution in [3.8, 4) is 0 Å². The largest absolute Gasteiger partial charge is 0.387 e. The Hall–Kier alpha value is -1.62. The number of aliphatic hydroxyl groups excluding tert-OH is 1. The molecule has 2 amide bonds. The third-order valence-corrected chi connectivity index (χ3v) is 4.96. The monoisotopic (exact) mass is 319 g/mol. The molecule has 0 aromatic carbocycles. The topological polar surface area (TPSA) is 74.2 Å². The molecule has 0 saturated heterocycles. The second-order valence-corrected chi connectivity index (χ2v) is 7.18. The standard InChI is InChI=1S/C18H29N3O2/c1-18(2,15-6-4-3-5-7-15)13-21-17(23)20-12-16(22)14-8-10-19-11-9-14/h8-11,15-16,22H,3-7,12-13H2,1-2H3,(H2,20,21,23). The highest BCUT2D eigenvalue weighted by atomic mass is 16.3. The molecule has 23 heavy (non-hydrogen) atoms. The molecule has 0 radical (unpaired) electrons. The number of amides is 2.